The number of hydrogen-bond acceptors (Lipinski definition) is 4. The highest BCUT2D eigenvalue weighted by Gasteiger charge is 2.17. The Kier molecular flexibility index (Phi) is 6.58. The Balaban J connectivity index is 1.39. The molecule has 5 aromatic heterocycles. The molecule has 1 aliphatic heterocycles. The van der Waals surface area contributed by atoms with E-state index >= 15 is 0 Å². The normalized spacial score (nSPS) is 12.6. The van der Waals surface area contributed by atoms with Crippen LogP contribution in [0.3, 0.4) is 0 Å². The number of aromatic nitrogens is 4. The second kappa shape index (κ2) is 11.8. The lowest BCUT2D eigenvalue weighted by Crippen LogP contribution is -1.94. The van der Waals surface area contributed by atoms with Crippen molar-refractivity contribution < 1.29 is 0 Å². The zero-order chi connectivity index (χ0) is 34.9. The molecule has 0 radical (unpaired) electrons. The molecule has 12 rings (SSSR count). The van der Waals surface area contributed by atoms with E-state index < -0.39 is 0 Å². The highest BCUT2D eigenvalue weighted by Crippen LogP contribution is 2.37. The summed E-state index contributed by atoms with van der Waals surface area (Å²) in [5.41, 5.74) is 11.2. The van der Waals surface area contributed by atoms with Crippen molar-refractivity contribution in [1.29, 1.82) is 0 Å². The molecule has 0 unspecified atom stereocenters. The van der Waals surface area contributed by atoms with E-state index in [4.69, 9.17) is 19.9 Å². The van der Waals surface area contributed by atoms with E-state index in [-0.39, 0.29) is 0 Å². The van der Waals surface area contributed by atoms with Gasteiger partial charge in [-0.25, -0.2) is 9.97 Å². The fraction of sp³-hybridized carbons (Fsp3) is 0.0204. The maximum absolute atomic E-state index is 5.59. The highest BCUT2D eigenvalue weighted by atomic mass is 14.8. The third-order valence-corrected chi connectivity index (χ3v) is 10.8. The first-order chi connectivity index (χ1) is 26.2. The molecule has 0 spiro atoms. The zero-order valence-electron chi connectivity index (χ0n) is 28.7. The average molecular weight is 675 g/mol. The first-order valence-corrected chi connectivity index (χ1v) is 18.0. The molecule has 0 N–H and O–H groups in total. The molecule has 0 fully saturated rings. The Morgan fingerprint density at radius 3 is 1.70 bits per heavy atom. The molecule has 53 heavy (non-hydrogen) atoms. The van der Waals surface area contributed by atoms with E-state index in [2.05, 4.69) is 158 Å². The summed E-state index contributed by atoms with van der Waals surface area (Å²) in [6, 6.07) is 54.1. The van der Waals surface area contributed by atoms with Gasteiger partial charge in [0.05, 0.1) is 33.3 Å². The Bertz CT molecular complexity index is 3240. The highest BCUT2D eigenvalue weighted by molar-refractivity contribution is 6.18. The zero-order valence-corrected chi connectivity index (χ0v) is 28.7. The van der Waals surface area contributed by atoms with Gasteiger partial charge < -0.3 is 0 Å². The lowest BCUT2D eigenvalue weighted by molar-refractivity contribution is 1.30. The predicted molar refractivity (Wildman–Crippen MR) is 221 cm³/mol. The van der Waals surface area contributed by atoms with Crippen molar-refractivity contribution in [2.45, 2.75) is 6.42 Å². The second-order valence-corrected chi connectivity index (χ2v) is 13.8. The molecule has 4 nitrogen and oxygen atoms in total. The Morgan fingerprint density at radius 1 is 0.396 bits per heavy atom. The summed E-state index contributed by atoms with van der Waals surface area (Å²) in [6.07, 6.45) is 6.82. The van der Waals surface area contributed by atoms with Gasteiger partial charge in [0.2, 0.25) is 0 Å². The van der Waals surface area contributed by atoms with Crippen LogP contribution in [0.5, 0.6) is 0 Å². The maximum atomic E-state index is 5.59. The van der Waals surface area contributed by atoms with Gasteiger partial charge in [0, 0.05) is 45.7 Å². The van der Waals surface area contributed by atoms with Gasteiger partial charge in [0.25, 0.3) is 0 Å². The van der Waals surface area contributed by atoms with E-state index in [1.54, 1.807) is 0 Å². The van der Waals surface area contributed by atoms with Crippen LogP contribution >= 0.6 is 0 Å². The van der Waals surface area contributed by atoms with Gasteiger partial charge in [-0.05, 0) is 85.8 Å². The molecule has 6 heterocycles. The van der Waals surface area contributed by atoms with Crippen molar-refractivity contribution in [2.75, 3.05) is 0 Å². The molecule has 246 valence electrons. The van der Waals surface area contributed by atoms with Crippen LogP contribution in [0.2, 0.25) is 0 Å². The van der Waals surface area contributed by atoms with E-state index in [1.807, 2.05) is 12.4 Å². The number of benzene rings is 6. The van der Waals surface area contributed by atoms with E-state index in [0.717, 1.165) is 105 Å². The second-order valence-electron chi connectivity index (χ2n) is 13.8. The van der Waals surface area contributed by atoms with Crippen LogP contribution in [0.4, 0.5) is 0 Å². The van der Waals surface area contributed by atoms with Gasteiger partial charge >= 0.3 is 0 Å². The van der Waals surface area contributed by atoms with E-state index in [9.17, 15) is 0 Å². The van der Waals surface area contributed by atoms with Crippen LogP contribution in [0, 0.1) is 0 Å². The minimum absolute atomic E-state index is 0.734. The molecule has 14 bridgehead atoms. The fourth-order valence-corrected chi connectivity index (χ4v) is 8.17. The number of rotatable bonds is 2. The van der Waals surface area contributed by atoms with Crippen molar-refractivity contribution in [2.24, 2.45) is 0 Å². The van der Waals surface area contributed by atoms with Crippen molar-refractivity contribution >= 4 is 87.7 Å². The summed E-state index contributed by atoms with van der Waals surface area (Å²) < 4.78 is 0. The standard InChI is InChI=1S/C49H30N4/c1-3-9-30(10-4-1)37-27-36-17-18-42-43(31-11-5-2-6-12-31)29-45-35-16-8-14-33(26-35)39-22-24-51-48-41(39)20-19-40-38(21-23-50-47(40)48)32-13-7-15-34(25-32)44(28-37)52-46(36)49(42)53-45/h1-26,28-29H,27H2. The minimum atomic E-state index is 0.734. The summed E-state index contributed by atoms with van der Waals surface area (Å²) >= 11 is 0. The fourth-order valence-electron chi connectivity index (χ4n) is 8.17. The smallest absolute Gasteiger partial charge is 0.0975 e. The summed E-state index contributed by atoms with van der Waals surface area (Å²) in [5, 5.41) is 9.73. The van der Waals surface area contributed by atoms with Gasteiger partial charge in [-0.15, -0.1) is 0 Å². The first kappa shape index (κ1) is 29.7. The average Bonchev–Trinajstić information content (AvgIpc) is 3.44. The molecule has 11 aromatic rings. The van der Waals surface area contributed by atoms with Gasteiger partial charge in [0.15, 0.2) is 0 Å². The van der Waals surface area contributed by atoms with Crippen LogP contribution in [0.1, 0.15) is 16.8 Å². The molecule has 6 aromatic carbocycles. The molecule has 0 amide bonds. The molecular formula is C49H30N4. The number of nitrogens with zero attached hydrogens (tertiary/aromatic N) is 4. The molecule has 0 atom stereocenters. The summed E-state index contributed by atoms with van der Waals surface area (Å²) in [7, 11) is 0. The van der Waals surface area contributed by atoms with E-state index in [0.29, 0.717) is 0 Å². The quantitative estimate of drug-likeness (QED) is 0.171. The van der Waals surface area contributed by atoms with Gasteiger partial charge in [-0.2, -0.15) is 0 Å². The molecule has 0 aliphatic carbocycles. The van der Waals surface area contributed by atoms with Crippen LogP contribution in [-0.4, -0.2) is 19.9 Å². The molecule has 1 aliphatic rings. The lowest BCUT2D eigenvalue weighted by atomic mass is 9.94. The van der Waals surface area contributed by atoms with Gasteiger partial charge in [-0.3, -0.25) is 9.97 Å². The van der Waals surface area contributed by atoms with Crippen LogP contribution < -0.4 is 0 Å². The predicted octanol–water partition coefficient (Wildman–Crippen LogP) is 12.2. The monoisotopic (exact) mass is 674 g/mol. The van der Waals surface area contributed by atoms with Crippen LogP contribution in [0.15, 0.2) is 164 Å². The third-order valence-electron chi connectivity index (χ3n) is 10.8. The first-order valence-electron chi connectivity index (χ1n) is 18.0. The summed E-state index contributed by atoms with van der Waals surface area (Å²) in [4.78, 5) is 20.9. The Morgan fingerprint density at radius 2 is 1.00 bits per heavy atom. The van der Waals surface area contributed by atoms with Gasteiger partial charge in [-0.1, -0.05) is 121 Å². The topological polar surface area (TPSA) is 51.6 Å². The third kappa shape index (κ3) is 4.84. The number of fused-ring (bicyclic) bond motifs is 1. The minimum Gasteiger partial charge on any atom is -0.254 e. The van der Waals surface area contributed by atoms with Crippen molar-refractivity contribution in [3.8, 4) is 11.1 Å². The van der Waals surface area contributed by atoms with Crippen molar-refractivity contribution in [3.63, 3.8) is 0 Å². The molecule has 4 heteroatoms. The van der Waals surface area contributed by atoms with Gasteiger partial charge in [0.1, 0.15) is 0 Å². The Hall–Kier alpha value is -7.04. The largest absolute Gasteiger partial charge is 0.254 e. The molecule has 0 saturated carbocycles. The molecular weight excluding hydrogens is 645 g/mol. The summed E-state index contributed by atoms with van der Waals surface area (Å²) in [6.45, 7) is 0. The van der Waals surface area contributed by atoms with Crippen molar-refractivity contribution in [3.05, 3.63) is 181 Å². The van der Waals surface area contributed by atoms with Crippen molar-refractivity contribution in [1.82, 2.24) is 19.9 Å². The van der Waals surface area contributed by atoms with Crippen LogP contribution in [-0.2, 0) is 6.42 Å². The molecule has 0 saturated heterocycles. The number of hydrogen-bond donors (Lipinski definition) is 0. The maximum Gasteiger partial charge on any atom is 0.0975 e. The summed E-state index contributed by atoms with van der Waals surface area (Å²) in [5.74, 6) is 0. The number of allylic oxidation sites excluding steroid dienone is 1. The van der Waals surface area contributed by atoms with Crippen LogP contribution in [0.25, 0.3) is 98.8 Å². The Labute approximate surface area is 305 Å². The van der Waals surface area contributed by atoms with E-state index in [1.165, 1.54) is 11.1 Å². The lowest BCUT2D eigenvalue weighted by Gasteiger charge is -2.12. The number of pyridine rings is 3. The SMILES string of the molecule is C1=C(c2ccccc2)Cc2ccc3c(-c4ccccc4)cc4nc3c2nc1c1cccc(c1)c1ccnc2c1ccc1c(ccnc12)c1cccc4c1.